The van der Waals surface area contributed by atoms with Gasteiger partial charge in [-0.1, -0.05) is 29.8 Å². The van der Waals surface area contributed by atoms with E-state index in [-0.39, 0.29) is 28.8 Å². The molecule has 0 aliphatic carbocycles. The average Bonchev–Trinajstić information content (AvgIpc) is 3.45. The number of amides is 1. The monoisotopic (exact) mass is 467 g/mol. The molecule has 1 N–H and O–H groups in total. The molecule has 0 unspecified atom stereocenters. The van der Waals surface area contributed by atoms with Crippen molar-refractivity contribution in [1.29, 1.82) is 5.26 Å². The first kappa shape index (κ1) is 23.3. The van der Waals surface area contributed by atoms with Crippen LogP contribution in [-0.4, -0.2) is 44.4 Å². The van der Waals surface area contributed by atoms with Crippen LogP contribution in [0.2, 0.25) is 0 Å². The fraction of sp³-hybridized carbons (Fsp3) is 0.440. The van der Waals surface area contributed by atoms with E-state index in [0.29, 0.717) is 25.3 Å². The van der Waals surface area contributed by atoms with Crippen LogP contribution in [0.1, 0.15) is 47.4 Å². The lowest BCUT2D eigenvalue weighted by molar-refractivity contribution is -0.133. The molecule has 0 saturated carbocycles. The first-order valence-corrected chi connectivity index (χ1v) is 12.7. The van der Waals surface area contributed by atoms with E-state index in [4.69, 9.17) is 4.18 Å². The molecule has 4 rings (SSSR count). The maximum Gasteiger partial charge on any atom is 0.339 e. The zero-order valence-corrected chi connectivity index (χ0v) is 20.0. The molecule has 7 nitrogen and oxygen atoms in total. The molecule has 2 aliphatic rings. The van der Waals surface area contributed by atoms with Gasteiger partial charge in [0.2, 0.25) is 5.91 Å². The molecule has 2 fully saturated rings. The van der Waals surface area contributed by atoms with Crippen LogP contribution < -0.4 is 9.50 Å². The number of benzene rings is 2. The van der Waals surface area contributed by atoms with Gasteiger partial charge < -0.3 is 14.4 Å². The van der Waals surface area contributed by atoms with Gasteiger partial charge in [0.15, 0.2) is 0 Å². The van der Waals surface area contributed by atoms with Crippen LogP contribution in [0.5, 0.6) is 5.75 Å². The number of aryl methyl sites for hydroxylation is 3. The van der Waals surface area contributed by atoms with Crippen molar-refractivity contribution in [3.05, 3.63) is 58.7 Å². The molecule has 1 amide bonds. The van der Waals surface area contributed by atoms with Crippen LogP contribution in [0.3, 0.4) is 0 Å². The first-order valence-electron chi connectivity index (χ1n) is 11.3. The minimum absolute atomic E-state index is 0.000798. The van der Waals surface area contributed by atoms with Crippen molar-refractivity contribution in [1.82, 2.24) is 10.2 Å². The number of rotatable bonds is 5. The van der Waals surface area contributed by atoms with Crippen molar-refractivity contribution in [3.63, 3.8) is 0 Å². The molecule has 2 aromatic carbocycles. The summed E-state index contributed by atoms with van der Waals surface area (Å²) in [6.07, 6.45) is 2.25. The molecule has 2 heterocycles. The van der Waals surface area contributed by atoms with E-state index >= 15 is 0 Å². The molecule has 0 radical (unpaired) electrons. The Morgan fingerprint density at radius 1 is 1.15 bits per heavy atom. The Morgan fingerprint density at radius 3 is 2.45 bits per heavy atom. The molecule has 0 bridgehead atoms. The lowest BCUT2D eigenvalue weighted by atomic mass is 9.92. The van der Waals surface area contributed by atoms with Gasteiger partial charge in [0.1, 0.15) is 16.7 Å². The number of nitriles is 1. The molecule has 3 atom stereocenters. The third-order valence-corrected chi connectivity index (χ3v) is 7.81. The van der Waals surface area contributed by atoms with Crippen molar-refractivity contribution in [2.24, 2.45) is 0 Å². The van der Waals surface area contributed by atoms with Crippen molar-refractivity contribution in [3.8, 4) is 11.8 Å². The van der Waals surface area contributed by atoms with E-state index < -0.39 is 10.1 Å². The fourth-order valence-corrected chi connectivity index (χ4v) is 5.80. The molecule has 33 heavy (non-hydrogen) atoms. The predicted molar refractivity (Wildman–Crippen MR) is 124 cm³/mol. The molecular weight excluding hydrogens is 438 g/mol. The normalized spacial score (nSPS) is 22.8. The molecule has 2 saturated heterocycles. The number of nitrogens with zero attached hydrogens (tertiary/aromatic N) is 2. The minimum Gasteiger partial charge on any atom is -0.378 e. The summed E-state index contributed by atoms with van der Waals surface area (Å²) in [5.74, 6) is 0.466. The quantitative estimate of drug-likeness (QED) is 0.677. The predicted octanol–water partition coefficient (Wildman–Crippen LogP) is 3.34. The molecule has 2 aliphatic heterocycles. The van der Waals surface area contributed by atoms with Crippen molar-refractivity contribution in [2.75, 3.05) is 13.1 Å². The molecule has 8 heteroatoms. The largest absolute Gasteiger partial charge is 0.378 e. The van der Waals surface area contributed by atoms with Gasteiger partial charge in [-0.05, 0) is 74.8 Å². The summed E-state index contributed by atoms with van der Waals surface area (Å²) in [6, 6.07) is 12.1. The van der Waals surface area contributed by atoms with Gasteiger partial charge in [-0.25, -0.2) is 0 Å². The third kappa shape index (κ3) is 4.75. The van der Waals surface area contributed by atoms with Gasteiger partial charge in [-0.3, -0.25) is 4.79 Å². The van der Waals surface area contributed by atoms with E-state index in [0.717, 1.165) is 35.1 Å². The molecule has 0 spiro atoms. The van der Waals surface area contributed by atoms with Crippen molar-refractivity contribution in [2.45, 2.75) is 62.9 Å². The average molecular weight is 468 g/mol. The second kappa shape index (κ2) is 9.16. The summed E-state index contributed by atoms with van der Waals surface area (Å²) in [7, 11) is -3.93. The Morgan fingerprint density at radius 2 is 1.82 bits per heavy atom. The highest BCUT2D eigenvalue weighted by atomic mass is 32.2. The Hall–Kier alpha value is -2.89. The maximum absolute atomic E-state index is 12.9. The van der Waals surface area contributed by atoms with Crippen LogP contribution in [0, 0.1) is 32.1 Å². The summed E-state index contributed by atoms with van der Waals surface area (Å²) < 4.78 is 31.0. The highest BCUT2D eigenvalue weighted by Crippen LogP contribution is 2.34. The van der Waals surface area contributed by atoms with Crippen molar-refractivity contribution >= 4 is 16.0 Å². The second-order valence-electron chi connectivity index (χ2n) is 9.05. The Bertz CT molecular complexity index is 1180. The number of hydrogen-bond donors (Lipinski definition) is 1. The topological polar surface area (TPSA) is 99.5 Å². The highest BCUT2D eigenvalue weighted by Gasteiger charge is 2.37. The molecule has 2 aromatic rings. The molecule has 174 valence electrons. The summed E-state index contributed by atoms with van der Waals surface area (Å²) in [4.78, 5) is 14.7. The van der Waals surface area contributed by atoms with Gasteiger partial charge in [0.05, 0.1) is 12.1 Å². The van der Waals surface area contributed by atoms with Gasteiger partial charge in [-0.15, -0.1) is 0 Å². The van der Waals surface area contributed by atoms with E-state index in [9.17, 15) is 18.5 Å². The maximum atomic E-state index is 12.9. The van der Waals surface area contributed by atoms with Gasteiger partial charge in [0.25, 0.3) is 0 Å². The summed E-state index contributed by atoms with van der Waals surface area (Å²) in [6.45, 7) is 6.86. The second-order valence-corrected chi connectivity index (χ2v) is 10.6. The zero-order chi connectivity index (χ0) is 23.8. The van der Waals surface area contributed by atoms with Crippen LogP contribution in [0.15, 0.2) is 41.3 Å². The molecular formula is C25H29N3O4S. The number of nitrogens with one attached hydrogen (secondary N) is 1. The van der Waals surface area contributed by atoms with E-state index in [2.05, 4.69) is 11.4 Å². The first-order chi connectivity index (χ1) is 15.7. The van der Waals surface area contributed by atoms with Gasteiger partial charge in [0, 0.05) is 13.1 Å². The highest BCUT2D eigenvalue weighted by molar-refractivity contribution is 7.87. The van der Waals surface area contributed by atoms with Gasteiger partial charge >= 0.3 is 10.1 Å². The third-order valence-electron chi connectivity index (χ3n) is 6.57. The fourth-order valence-electron chi connectivity index (χ4n) is 4.76. The molecule has 0 aromatic heterocycles. The van der Waals surface area contributed by atoms with Crippen LogP contribution >= 0.6 is 0 Å². The number of carbonyl (C=O) groups is 1. The van der Waals surface area contributed by atoms with E-state index in [1.165, 1.54) is 0 Å². The van der Waals surface area contributed by atoms with E-state index in [1.54, 1.807) is 29.2 Å². The Labute approximate surface area is 195 Å². The zero-order valence-electron chi connectivity index (χ0n) is 19.2. The Kier molecular flexibility index (Phi) is 6.46. The summed E-state index contributed by atoms with van der Waals surface area (Å²) in [5.41, 5.74) is 3.49. The lowest BCUT2D eigenvalue weighted by Crippen LogP contribution is -2.45. The number of likely N-dealkylation sites (tertiary alicyclic amines) is 1. The smallest absolute Gasteiger partial charge is 0.339 e. The summed E-state index contributed by atoms with van der Waals surface area (Å²) in [5, 5.41) is 12.6. The van der Waals surface area contributed by atoms with E-state index in [1.807, 2.05) is 32.9 Å². The van der Waals surface area contributed by atoms with Crippen LogP contribution in [0.25, 0.3) is 0 Å². The standard InChI is InChI=1S/C25H29N3O4S/c1-16-6-8-22(9-7-16)33(30,31)32-24-17(2)11-19(12-18(24)3)20-13-23(27-15-20)25(29)28-10-4-5-21(28)14-26/h6-9,11-12,20-21,23,27H,4-5,10,13,15H2,1-3H3/t20-,21-,23-/m0/s1. The lowest BCUT2D eigenvalue weighted by Gasteiger charge is -2.23. The SMILES string of the molecule is Cc1ccc(S(=O)(=O)Oc2c(C)cc([C@@H]3CN[C@H](C(=O)N4CCC[C@H]4C#N)C3)cc2C)cc1. The number of hydrogen-bond acceptors (Lipinski definition) is 6. The summed E-state index contributed by atoms with van der Waals surface area (Å²) >= 11 is 0. The van der Waals surface area contributed by atoms with Crippen LogP contribution in [-0.2, 0) is 14.9 Å². The van der Waals surface area contributed by atoms with Gasteiger partial charge in [-0.2, -0.15) is 13.7 Å². The van der Waals surface area contributed by atoms with Crippen molar-refractivity contribution < 1.29 is 17.4 Å². The van der Waals surface area contributed by atoms with Crippen LogP contribution in [0.4, 0.5) is 0 Å². The Balaban J connectivity index is 1.49. The minimum atomic E-state index is -3.93. The number of carbonyl (C=O) groups excluding carboxylic acids is 1.